The van der Waals surface area contributed by atoms with Crippen molar-refractivity contribution in [2.24, 2.45) is 0 Å². The van der Waals surface area contributed by atoms with E-state index in [-0.39, 0.29) is 5.78 Å². The maximum Gasteiger partial charge on any atom is 0.188 e. The molecule has 22 heavy (non-hydrogen) atoms. The van der Waals surface area contributed by atoms with Crippen LogP contribution in [0.4, 0.5) is 0 Å². The minimum atomic E-state index is 0.0851. The van der Waals surface area contributed by atoms with Gasteiger partial charge in [-0.2, -0.15) is 0 Å². The van der Waals surface area contributed by atoms with Gasteiger partial charge in [0, 0.05) is 34.1 Å². The van der Waals surface area contributed by atoms with Gasteiger partial charge in [0.1, 0.15) is 0 Å². The van der Waals surface area contributed by atoms with Crippen LogP contribution >= 0.6 is 11.8 Å². The van der Waals surface area contributed by atoms with Gasteiger partial charge in [0.2, 0.25) is 0 Å². The van der Waals surface area contributed by atoms with Crippen LogP contribution in [-0.4, -0.2) is 26.5 Å². The van der Waals surface area contributed by atoms with Gasteiger partial charge in [0.05, 0.1) is 5.75 Å². The predicted molar refractivity (Wildman–Crippen MR) is 89.6 cm³/mol. The Kier molecular flexibility index (Phi) is 3.98. The summed E-state index contributed by atoms with van der Waals surface area (Å²) in [5.41, 5.74) is 4.74. The summed E-state index contributed by atoms with van der Waals surface area (Å²) in [6.07, 6.45) is 1.78. The first kappa shape index (κ1) is 14.8. The second-order valence-corrected chi connectivity index (χ2v) is 6.20. The molecule has 0 fully saturated rings. The van der Waals surface area contributed by atoms with E-state index in [1.54, 1.807) is 6.20 Å². The predicted octanol–water partition coefficient (Wildman–Crippen LogP) is 3.86. The number of nitrogens with zero attached hydrogens (tertiary/aromatic N) is 2. The first-order valence-electron chi connectivity index (χ1n) is 7.10. The molecule has 2 heterocycles. The zero-order valence-corrected chi connectivity index (χ0v) is 13.6. The Bertz CT molecular complexity index is 831. The molecule has 0 amide bonds. The number of rotatable bonds is 4. The second-order valence-electron chi connectivity index (χ2n) is 5.26. The van der Waals surface area contributed by atoms with Crippen molar-refractivity contribution in [3.63, 3.8) is 0 Å². The highest BCUT2D eigenvalue weighted by Gasteiger charge is 2.13. The lowest BCUT2D eigenvalue weighted by Gasteiger charge is -2.06. The molecule has 0 radical (unpaired) electrons. The molecule has 0 saturated heterocycles. The van der Waals surface area contributed by atoms with Crippen molar-refractivity contribution in [2.75, 3.05) is 5.75 Å². The molecule has 2 aromatic heterocycles. The molecule has 0 aliphatic heterocycles. The fourth-order valence-corrected chi connectivity index (χ4v) is 3.13. The van der Waals surface area contributed by atoms with Gasteiger partial charge in [0.15, 0.2) is 10.9 Å². The summed E-state index contributed by atoms with van der Waals surface area (Å²) >= 11 is 1.39. The Morgan fingerprint density at radius 2 is 1.82 bits per heavy atom. The summed E-state index contributed by atoms with van der Waals surface area (Å²) in [5.74, 6) is 0.422. The average Bonchev–Trinajstić information content (AvgIpc) is 2.94. The van der Waals surface area contributed by atoms with E-state index < -0.39 is 0 Å². The molecule has 0 spiro atoms. The van der Waals surface area contributed by atoms with Crippen molar-refractivity contribution >= 4 is 28.4 Å². The number of Topliss-reactive ketones (excluding diaryl/α,β-unsaturated/α-hetero) is 1. The Morgan fingerprint density at radius 3 is 2.55 bits per heavy atom. The Balaban J connectivity index is 1.78. The molecule has 1 N–H and O–H groups in total. The van der Waals surface area contributed by atoms with E-state index in [4.69, 9.17) is 0 Å². The molecule has 112 valence electrons. The third kappa shape index (κ3) is 2.76. The van der Waals surface area contributed by atoms with E-state index in [2.05, 4.69) is 15.0 Å². The van der Waals surface area contributed by atoms with Crippen LogP contribution in [0.3, 0.4) is 0 Å². The maximum atomic E-state index is 12.4. The molecule has 3 rings (SSSR count). The quantitative estimate of drug-likeness (QED) is 0.451. The van der Waals surface area contributed by atoms with Gasteiger partial charge in [-0.05, 0) is 32.4 Å². The lowest BCUT2D eigenvalue weighted by molar-refractivity contribution is 0.102. The number of hydrogen-bond acceptors (Lipinski definition) is 4. The summed E-state index contributed by atoms with van der Waals surface area (Å²) < 4.78 is 0. The SMILES string of the molecule is Cc1nc(SCC(=O)c2c[nH]c3ccccc23)nc(C)c1C. The monoisotopic (exact) mass is 311 g/mol. The minimum absolute atomic E-state index is 0.0851. The molecule has 0 atom stereocenters. The molecule has 0 bridgehead atoms. The molecular weight excluding hydrogens is 294 g/mol. The van der Waals surface area contributed by atoms with Gasteiger partial charge < -0.3 is 4.98 Å². The fraction of sp³-hybridized carbons (Fsp3) is 0.235. The smallest absolute Gasteiger partial charge is 0.188 e. The molecule has 3 aromatic rings. The zero-order valence-electron chi connectivity index (χ0n) is 12.8. The third-order valence-corrected chi connectivity index (χ3v) is 4.68. The molecular formula is C17H17N3OS. The molecule has 0 unspecified atom stereocenters. The Morgan fingerprint density at radius 1 is 1.14 bits per heavy atom. The fourth-order valence-electron chi connectivity index (χ4n) is 2.32. The van der Waals surface area contributed by atoms with Crippen molar-refractivity contribution in [3.8, 4) is 0 Å². The standard InChI is InChI=1S/C17H17N3OS/c1-10-11(2)19-17(20-12(10)3)22-9-16(21)14-8-18-15-7-5-4-6-13(14)15/h4-8,18H,9H2,1-3H3. The molecule has 5 heteroatoms. The van der Waals surface area contributed by atoms with Crippen LogP contribution in [0.2, 0.25) is 0 Å². The number of hydrogen-bond donors (Lipinski definition) is 1. The Labute approximate surface area is 133 Å². The van der Waals surface area contributed by atoms with E-state index in [1.807, 2.05) is 45.0 Å². The van der Waals surface area contributed by atoms with Crippen LogP contribution in [0.5, 0.6) is 0 Å². The van der Waals surface area contributed by atoms with Crippen molar-refractivity contribution in [2.45, 2.75) is 25.9 Å². The van der Waals surface area contributed by atoms with Crippen LogP contribution in [-0.2, 0) is 0 Å². The highest BCUT2D eigenvalue weighted by atomic mass is 32.2. The number of thioether (sulfide) groups is 1. The number of ketones is 1. The number of H-pyrrole nitrogens is 1. The van der Waals surface area contributed by atoms with Crippen LogP contribution in [0.1, 0.15) is 27.3 Å². The lowest BCUT2D eigenvalue weighted by atomic mass is 10.1. The number of aromatic amines is 1. The third-order valence-electron chi connectivity index (χ3n) is 3.83. The number of fused-ring (bicyclic) bond motifs is 1. The summed E-state index contributed by atoms with van der Waals surface area (Å²) in [6.45, 7) is 5.95. The first-order valence-corrected chi connectivity index (χ1v) is 8.09. The normalized spacial score (nSPS) is 11.0. The van der Waals surface area contributed by atoms with Crippen LogP contribution in [0, 0.1) is 20.8 Å². The zero-order chi connectivity index (χ0) is 15.7. The first-order chi connectivity index (χ1) is 10.6. The Hall–Kier alpha value is -2.14. The van der Waals surface area contributed by atoms with E-state index in [0.29, 0.717) is 10.9 Å². The number of carbonyl (C=O) groups is 1. The summed E-state index contributed by atoms with van der Waals surface area (Å²) in [7, 11) is 0. The number of aryl methyl sites for hydroxylation is 2. The number of benzene rings is 1. The molecule has 1 aromatic carbocycles. The van der Waals surface area contributed by atoms with E-state index in [0.717, 1.165) is 33.4 Å². The summed E-state index contributed by atoms with van der Waals surface area (Å²) in [6, 6.07) is 7.82. The summed E-state index contributed by atoms with van der Waals surface area (Å²) in [5, 5.41) is 1.62. The number of aromatic nitrogens is 3. The van der Waals surface area contributed by atoms with Crippen molar-refractivity contribution in [1.82, 2.24) is 15.0 Å². The van der Waals surface area contributed by atoms with Crippen LogP contribution < -0.4 is 0 Å². The highest BCUT2D eigenvalue weighted by Crippen LogP contribution is 2.22. The lowest BCUT2D eigenvalue weighted by Crippen LogP contribution is -2.04. The number of para-hydroxylation sites is 1. The van der Waals surface area contributed by atoms with Crippen LogP contribution in [0.15, 0.2) is 35.6 Å². The van der Waals surface area contributed by atoms with Crippen molar-refractivity contribution < 1.29 is 4.79 Å². The molecule has 0 aliphatic carbocycles. The van der Waals surface area contributed by atoms with Crippen LogP contribution in [0.25, 0.3) is 10.9 Å². The highest BCUT2D eigenvalue weighted by molar-refractivity contribution is 7.99. The maximum absolute atomic E-state index is 12.4. The minimum Gasteiger partial charge on any atom is -0.360 e. The second kappa shape index (κ2) is 5.93. The van der Waals surface area contributed by atoms with E-state index in [1.165, 1.54) is 11.8 Å². The molecule has 0 aliphatic rings. The topological polar surface area (TPSA) is 58.6 Å². The van der Waals surface area contributed by atoms with Crippen molar-refractivity contribution in [1.29, 1.82) is 0 Å². The van der Waals surface area contributed by atoms with Gasteiger partial charge in [-0.25, -0.2) is 9.97 Å². The van der Waals surface area contributed by atoms with Gasteiger partial charge in [-0.1, -0.05) is 30.0 Å². The van der Waals surface area contributed by atoms with Gasteiger partial charge in [0.25, 0.3) is 0 Å². The molecule has 0 saturated carbocycles. The van der Waals surface area contributed by atoms with E-state index >= 15 is 0 Å². The molecule has 4 nitrogen and oxygen atoms in total. The van der Waals surface area contributed by atoms with Gasteiger partial charge in [-0.3, -0.25) is 4.79 Å². The number of carbonyl (C=O) groups excluding carboxylic acids is 1. The van der Waals surface area contributed by atoms with Gasteiger partial charge in [-0.15, -0.1) is 0 Å². The summed E-state index contributed by atoms with van der Waals surface area (Å²) in [4.78, 5) is 24.4. The average molecular weight is 311 g/mol. The largest absolute Gasteiger partial charge is 0.360 e. The number of nitrogens with one attached hydrogen (secondary N) is 1. The van der Waals surface area contributed by atoms with Crippen molar-refractivity contribution in [3.05, 3.63) is 53.0 Å². The van der Waals surface area contributed by atoms with E-state index in [9.17, 15) is 4.79 Å². The van der Waals surface area contributed by atoms with Gasteiger partial charge >= 0.3 is 0 Å².